The molecular formula is C55H38N4. The van der Waals surface area contributed by atoms with E-state index < -0.39 is 0 Å². The highest BCUT2D eigenvalue weighted by molar-refractivity contribution is 6.07. The van der Waals surface area contributed by atoms with Crippen LogP contribution >= 0.6 is 0 Å². The van der Waals surface area contributed by atoms with Crippen molar-refractivity contribution < 1.29 is 0 Å². The first-order valence-corrected chi connectivity index (χ1v) is 20.1. The summed E-state index contributed by atoms with van der Waals surface area (Å²) in [5.74, 6) is 1.85. The zero-order valence-corrected chi connectivity index (χ0v) is 32.8. The fraction of sp³-hybridized carbons (Fsp3) is 0.0545. The maximum Gasteiger partial charge on any atom is 0.164 e. The lowest BCUT2D eigenvalue weighted by atomic mass is 9.82. The van der Waals surface area contributed by atoms with Gasteiger partial charge < -0.3 is 0 Å². The van der Waals surface area contributed by atoms with Crippen LogP contribution in [0.3, 0.4) is 0 Å². The Morgan fingerprint density at radius 1 is 0.322 bits per heavy atom. The van der Waals surface area contributed by atoms with Crippen molar-refractivity contribution in [3.63, 3.8) is 0 Å². The van der Waals surface area contributed by atoms with Gasteiger partial charge >= 0.3 is 0 Å². The van der Waals surface area contributed by atoms with Gasteiger partial charge in [0.25, 0.3) is 0 Å². The van der Waals surface area contributed by atoms with Crippen LogP contribution in [0.2, 0.25) is 0 Å². The van der Waals surface area contributed by atoms with E-state index in [1.165, 1.54) is 38.6 Å². The highest BCUT2D eigenvalue weighted by Crippen LogP contribution is 2.51. The molecule has 0 fully saturated rings. The lowest BCUT2D eigenvalue weighted by Crippen LogP contribution is -2.14. The SMILES string of the molecule is CC1(C)c2ccccc2-c2cc3c(-c4cccc5ccccc45)cc(-c4cccc(-c5nc(-c6ccccc6)nc(-c6cccc(-c7ccccc7)c6)n5)c4)nc3cc21. The lowest BCUT2D eigenvalue weighted by Gasteiger charge is -2.22. The third-order valence-corrected chi connectivity index (χ3v) is 11.9. The number of aromatic nitrogens is 4. The van der Waals surface area contributed by atoms with Crippen LogP contribution in [0.15, 0.2) is 194 Å². The third kappa shape index (κ3) is 6.00. The minimum atomic E-state index is -0.148. The van der Waals surface area contributed by atoms with Crippen molar-refractivity contribution >= 4 is 21.7 Å². The molecule has 0 saturated carbocycles. The second kappa shape index (κ2) is 13.8. The largest absolute Gasteiger partial charge is 0.248 e. The molecule has 0 saturated heterocycles. The Kier molecular flexibility index (Phi) is 8.12. The van der Waals surface area contributed by atoms with E-state index in [0.29, 0.717) is 17.5 Å². The van der Waals surface area contributed by atoms with Crippen LogP contribution in [-0.4, -0.2) is 19.9 Å². The molecule has 1 aliphatic carbocycles. The summed E-state index contributed by atoms with van der Waals surface area (Å²) in [4.78, 5) is 20.8. The maximum atomic E-state index is 5.47. The van der Waals surface area contributed by atoms with E-state index in [2.05, 4.69) is 172 Å². The van der Waals surface area contributed by atoms with Crippen molar-refractivity contribution in [3.8, 4) is 78.8 Å². The van der Waals surface area contributed by atoms with Crippen molar-refractivity contribution in [2.75, 3.05) is 0 Å². The molecule has 11 rings (SSSR count). The second-order valence-corrected chi connectivity index (χ2v) is 15.9. The minimum absolute atomic E-state index is 0.148. The van der Waals surface area contributed by atoms with E-state index in [4.69, 9.17) is 19.9 Å². The molecule has 0 atom stereocenters. The average Bonchev–Trinajstić information content (AvgIpc) is 3.53. The molecule has 0 unspecified atom stereocenters. The van der Waals surface area contributed by atoms with E-state index >= 15 is 0 Å². The molecule has 10 aromatic rings. The topological polar surface area (TPSA) is 51.6 Å². The molecule has 0 aliphatic heterocycles. The van der Waals surface area contributed by atoms with E-state index in [9.17, 15) is 0 Å². The molecule has 0 radical (unpaired) electrons. The van der Waals surface area contributed by atoms with Crippen molar-refractivity contribution in [1.82, 2.24) is 19.9 Å². The van der Waals surface area contributed by atoms with E-state index in [-0.39, 0.29) is 5.41 Å². The van der Waals surface area contributed by atoms with Crippen molar-refractivity contribution in [2.24, 2.45) is 0 Å². The van der Waals surface area contributed by atoms with Gasteiger partial charge in [-0.1, -0.05) is 178 Å². The zero-order valence-electron chi connectivity index (χ0n) is 32.8. The number of benzene rings is 8. The Labute approximate surface area is 343 Å². The molecular weight excluding hydrogens is 717 g/mol. The van der Waals surface area contributed by atoms with Gasteiger partial charge in [0, 0.05) is 33.1 Å². The Hall–Kier alpha value is -7.56. The Morgan fingerprint density at radius 3 is 1.63 bits per heavy atom. The Balaban J connectivity index is 1.10. The third-order valence-electron chi connectivity index (χ3n) is 11.9. The molecule has 0 amide bonds. The van der Waals surface area contributed by atoms with E-state index in [0.717, 1.165) is 55.5 Å². The van der Waals surface area contributed by atoms with Crippen LogP contribution in [0.5, 0.6) is 0 Å². The monoisotopic (exact) mass is 754 g/mol. The first-order chi connectivity index (χ1) is 29.0. The number of fused-ring (bicyclic) bond motifs is 5. The minimum Gasteiger partial charge on any atom is -0.248 e. The van der Waals surface area contributed by atoms with Crippen molar-refractivity contribution in [3.05, 3.63) is 205 Å². The molecule has 0 bridgehead atoms. The highest BCUT2D eigenvalue weighted by Gasteiger charge is 2.36. The van der Waals surface area contributed by atoms with E-state index in [1.807, 2.05) is 36.4 Å². The summed E-state index contributed by atoms with van der Waals surface area (Å²) in [5, 5.41) is 3.56. The summed E-state index contributed by atoms with van der Waals surface area (Å²) in [6, 6.07) is 68.5. The average molecular weight is 755 g/mol. The van der Waals surface area contributed by atoms with Gasteiger partial charge in [-0.05, 0) is 85.6 Å². The number of rotatable bonds is 6. The van der Waals surface area contributed by atoms with Crippen LogP contribution in [0.4, 0.5) is 0 Å². The number of hydrogen-bond donors (Lipinski definition) is 0. The van der Waals surface area contributed by atoms with Crippen LogP contribution < -0.4 is 0 Å². The predicted molar refractivity (Wildman–Crippen MR) is 243 cm³/mol. The molecule has 4 heteroatoms. The normalized spacial score (nSPS) is 12.7. The van der Waals surface area contributed by atoms with Gasteiger partial charge in [-0.25, -0.2) is 19.9 Å². The number of hydrogen-bond acceptors (Lipinski definition) is 4. The van der Waals surface area contributed by atoms with Gasteiger partial charge in [0.05, 0.1) is 11.2 Å². The molecule has 0 N–H and O–H groups in total. The number of nitrogens with zero attached hydrogens (tertiary/aromatic N) is 4. The van der Waals surface area contributed by atoms with Gasteiger partial charge in [-0.2, -0.15) is 0 Å². The zero-order chi connectivity index (χ0) is 39.5. The molecule has 0 spiro atoms. The fourth-order valence-electron chi connectivity index (χ4n) is 8.89. The predicted octanol–water partition coefficient (Wildman–Crippen LogP) is 13.9. The molecule has 2 aromatic heterocycles. The summed E-state index contributed by atoms with van der Waals surface area (Å²) in [5.41, 5.74) is 15.3. The lowest BCUT2D eigenvalue weighted by molar-refractivity contribution is 0.661. The van der Waals surface area contributed by atoms with Gasteiger partial charge in [-0.3, -0.25) is 0 Å². The summed E-state index contributed by atoms with van der Waals surface area (Å²) in [6.07, 6.45) is 0. The van der Waals surface area contributed by atoms with Gasteiger partial charge in [0.15, 0.2) is 17.5 Å². The van der Waals surface area contributed by atoms with Gasteiger partial charge in [0.2, 0.25) is 0 Å². The quantitative estimate of drug-likeness (QED) is 0.170. The van der Waals surface area contributed by atoms with E-state index in [1.54, 1.807) is 0 Å². The standard InChI is InChI=1S/C55H38N4/c1-55(2)48-29-12-11-27-44(48)46-32-47-45(43-28-15-21-36-18-9-10-26-42(36)43)33-50(56-51(47)34-49(46)55)39-23-14-25-41(31-39)54-58-52(37-19-7-4-8-20-37)57-53(59-54)40-24-13-22-38(30-40)35-16-5-3-6-17-35/h3-34H,1-2H3. The molecule has 2 heterocycles. The smallest absolute Gasteiger partial charge is 0.164 e. The summed E-state index contributed by atoms with van der Waals surface area (Å²) in [7, 11) is 0. The van der Waals surface area contributed by atoms with Crippen LogP contribution in [0.1, 0.15) is 25.0 Å². The van der Waals surface area contributed by atoms with Gasteiger partial charge in [-0.15, -0.1) is 0 Å². The number of pyridine rings is 1. The molecule has 59 heavy (non-hydrogen) atoms. The Morgan fingerprint density at radius 2 is 0.864 bits per heavy atom. The molecule has 278 valence electrons. The van der Waals surface area contributed by atoms with Crippen molar-refractivity contribution in [2.45, 2.75) is 19.3 Å². The second-order valence-electron chi connectivity index (χ2n) is 15.9. The molecule has 8 aromatic carbocycles. The Bertz CT molecular complexity index is 3240. The first kappa shape index (κ1) is 34.7. The fourth-order valence-corrected chi connectivity index (χ4v) is 8.89. The summed E-state index contributed by atoms with van der Waals surface area (Å²) >= 11 is 0. The van der Waals surface area contributed by atoms with Crippen LogP contribution in [0.25, 0.3) is 100 Å². The first-order valence-electron chi connectivity index (χ1n) is 20.1. The van der Waals surface area contributed by atoms with Crippen molar-refractivity contribution in [1.29, 1.82) is 0 Å². The maximum absolute atomic E-state index is 5.47. The van der Waals surface area contributed by atoms with Crippen LogP contribution in [0, 0.1) is 0 Å². The van der Waals surface area contributed by atoms with Crippen LogP contribution in [-0.2, 0) is 5.41 Å². The molecule has 4 nitrogen and oxygen atoms in total. The summed E-state index contributed by atoms with van der Waals surface area (Å²) in [6.45, 7) is 4.65. The highest BCUT2D eigenvalue weighted by atomic mass is 15.0. The molecule has 1 aliphatic rings. The summed E-state index contributed by atoms with van der Waals surface area (Å²) < 4.78 is 0. The van der Waals surface area contributed by atoms with Gasteiger partial charge in [0.1, 0.15) is 0 Å².